The summed E-state index contributed by atoms with van der Waals surface area (Å²) in [6, 6.07) is 5.57. The molecule has 0 unspecified atom stereocenters. The number of nitrogens with one attached hydrogen (secondary N) is 2. The van der Waals surface area contributed by atoms with E-state index in [4.69, 9.17) is 19.3 Å². The number of esters is 1. The second-order valence-electron chi connectivity index (χ2n) is 16.3. The maximum Gasteiger partial charge on any atom is 1.00 e. The molecule has 2 aromatic rings. The maximum absolute atomic E-state index is 12.6. The van der Waals surface area contributed by atoms with E-state index in [0.29, 0.717) is 24.5 Å². The van der Waals surface area contributed by atoms with Gasteiger partial charge in [-0.1, -0.05) is 27.7 Å². The van der Waals surface area contributed by atoms with Gasteiger partial charge in [0.05, 0.1) is 7.11 Å². The third-order valence-electron chi connectivity index (χ3n) is 7.84. The van der Waals surface area contributed by atoms with Gasteiger partial charge in [-0.25, -0.2) is 29.1 Å². The summed E-state index contributed by atoms with van der Waals surface area (Å²) in [7, 11) is 1.29. The van der Waals surface area contributed by atoms with Crippen LogP contribution >= 0.6 is 0 Å². The largest absolute Gasteiger partial charge is 1.00 e. The van der Waals surface area contributed by atoms with Gasteiger partial charge < -0.3 is 35.4 Å². The number of aryl methyl sites for hydroxylation is 2. The normalized spacial score (nSPS) is 11.9. The van der Waals surface area contributed by atoms with Crippen LogP contribution in [0, 0.1) is 25.7 Å². The quantitative estimate of drug-likeness (QED) is 0.125. The van der Waals surface area contributed by atoms with Crippen LogP contribution in [0.25, 0.3) is 0 Å². The van der Waals surface area contributed by atoms with E-state index in [9.17, 15) is 28.8 Å². The Balaban J connectivity index is 0. The minimum absolute atomic E-state index is 0. The van der Waals surface area contributed by atoms with Gasteiger partial charge in [0.25, 0.3) is 0 Å². The minimum atomic E-state index is -1.07. The molecule has 0 saturated heterocycles. The summed E-state index contributed by atoms with van der Waals surface area (Å²) < 4.78 is 15.7. The average Bonchev–Trinajstić information content (AvgIpc) is 3.07. The molecule has 0 fully saturated rings. The number of aromatic nitrogens is 2. The Labute approximate surface area is 361 Å². The Morgan fingerprint density at radius 1 is 0.695 bits per heavy atom. The number of carboxylic acid groups (broad SMARTS) is 1. The van der Waals surface area contributed by atoms with Crippen molar-refractivity contribution in [1.29, 1.82) is 0 Å². The molecule has 0 aromatic carbocycles. The van der Waals surface area contributed by atoms with E-state index < -0.39 is 47.4 Å². The third kappa shape index (κ3) is 22.3. The summed E-state index contributed by atoms with van der Waals surface area (Å²) in [5, 5.41) is 14.4. The predicted octanol–water partition coefficient (Wildman–Crippen LogP) is 3.19. The van der Waals surface area contributed by atoms with Crippen molar-refractivity contribution < 1.29 is 72.4 Å². The fourth-order valence-corrected chi connectivity index (χ4v) is 4.99. The first-order valence-electron chi connectivity index (χ1n) is 19.1. The molecule has 59 heavy (non-hydrogen) atoms. The van der Waals surface area contributed by atoms with E-state index in [0.717, 1.165) is 11.1 Å². The number of anilines is 2. The molecule has 0 saturated carbocycles. The molecule has 0 bridgehead atoms. The van der Waals surface area contributed by atoms with E-state index in [1.165, 1.54) is 16.9 Å². The number of hydrogen-bond donors (Lipinski definition) is 3. The molecular formula is C41H65LiN6O11. The number of amides is 4. The first kappa shape index (κ1) is 56.4. The van der Waals surface area contributed by atoms with Crippen LogP contribution in [0.3, 0.4) is 0 Å². The van der Waals surface area contributed by atoms with Crippen molar-refractivity contribution in [2.45, 2.75) is 132 Å². The Hall–Kier alpha value is -4.72. The molecule has 2 rings (SSSR count). The maximum atomic E-state index is 12.6. The van der Waals surface area contributed by atoms with Crippen LogP contribution in [0.5, 0.6) is 0 Å². The zero-order valence-electron chi connectivity index (χ0n) is 37.4. The second-order valence-corrected chi connectivity index (χ2v) is 16.3. The molecule has 4 N–H and O–H groups in total. The summed E-state index contributed by atoms with van der Waals surface area (Å²) >= 11 is 0. The number of ether oxygens (including phenoxy) is 3. The van der Waals surface area contributed by atoms with Crippen LogP contribution in [0.15, 0.2) is 36.7 Å². The van der Waals surface area contributed by atoms with Gasteiger partial charge in [-0.15, -0.1) is 0 Å². The zero-order valence-corrected chi connectivity index (χ0v) is 37.4. The second kappa shape index (κ2) is 26.4. The van der Waals surface area contributed by atoms with Crippen LogP contribution in [-0.2, 0) is 33.4 Å². The Morgan fingerprint density at radius 2 is 1.05 bits per heavy atom. The molecule has 0 aliphatic carbocycles. The molecule has 2 heterocycles. The molecule has 326 valence electrons. The molecule has 0 aliphatic heterocycles. The number of pyridine rings is 2. The van der Waals surface area contributed by atoms with Gasteiger partial charge in [0.15, 0.2) is 0 Å². The molecule has 2 atom stereocenters. The Kier molecular flexibility index (Phi) is 25.2. The summed E-state index contributed by atoms with van der Waals surface area (Å²) in [5.74, 6) is -1.61. The average molecular weight is 825 g/mol. The van der Waals surface area contributed by atoms with E-state index >= 15 is 0 Å². The van der Waals surface area contributed by atoms with E-state index in [1.807, 2.05) is 39.8 Å². The first-order valence-corrected chi connectivity index (χ1v) is 19.1. The van der Waals surface area contributed by atoms with Gasteiger partial charge in [-0.05, 0) is 115 Å². The fraction of sp³-hybridized carbons (Fsp3) is 0.610. The van der Waals surface area contributed by atoms with Crippen LogP contribution in [-0.4, -0.2) is 100.0 Å². The van der Waals surface area contributed by atoms with Gasteiger partial charge in [-0.2, -0.15) is 0 Å². The van der Waals surface area contributed by atoms with Crippen molar-refractivity contribution in [2.24, 2.45) is 11.8 Å². The van der Waals surface area contributed by atoms with Gasteiger partial charge in [0, 0.05) is 38.3 Å². The molecule has 18 heteroatoms. The van der Waals surface area contributed by atoms with Crippen LogP contribution < -0.4 is 39.3 Å². The van der Waals surface area contributed by atoms with E-state index in [2.05, 4.69) is 20.6 Å². The van der Waals surface area contributed by atoms with Crippen molar-refractivity contribution in [3.63, 3.8) is 0 Å². The third-order valence-corrected chi connectivity index (χ3v) is 7.84. The number of carboxylic acids is 1. The number of carbonyl (C=O) groups is 6. The van der Waals surface area contributed by atoms with Crippen molar-refractivity contribution in [3.05, 3.63) is 47.8 Å². The van der Waals surface area contributed by atoms with Crippen molar-refractivity contribution >= 4 is 47.6 Å². The van der Waals surface area contributed by atoms with Gasteiger partial charge in [-0.3, -0.25) is 19.4 Å². The number of nitrogens with zero attached hydrogens (tertiary/aromatic N) is 4. The van der Waals surface area contributed by atoms with Gasteiger partial charge in [0.1, 0.15) is 34.9 Å². The van der Waals surface area contributed by atoms with Crippen molar-refractivity contribution in [3.8, 4) is 0 Å². The number of carbonyl (C=O) groups excluding carboxylic acids is 5. The van der Waals surface area contributed by atoms with Crippen LogP contribution in [0.4, 0.5) is 21.2 Å². The molecule has 4 amide bonds. The molecule has 0 radical (unpaired) electrons. The predicted molar refractivity (Wildman–Crippen MR) is 219 cm³/mol. The number of hydrogen-bond acceptors (Lipinski definition) is 12. The van der Waals surface area contributed by atoms with Crippen molar-refractivity contribution in [1.82, 2.24) is 20.6 Å². The van der Waals surface area contributed by atoms with Crippen molar-refractivity contribution in [2.75, 3.05) is 30.0 Å². The Bertz CT molecular complexity index is 1660. The molecular weight excluding hydrogens is 759 g/mol. The van der Waals surface area contributed by atoms with Crippen LogP contribution in [0.2, 0.25) is 0 Å². The number of rotatable bonds is 16. The summed E-state index contributed by atoms with van der Waals surface area (Å²) in [5.41, 5.74) is 0.584. The number of aliphatic carboxylic acids is 1. The zero-order chi connectivity index (χ0) is 43.7. The first-order chi connectivity index (χ1) is 26.3. The van der Waals surface area contributed by atoms with E-state index in [-0.39, 0.29) is 73.9 Å². The summed E-state index contributed by atoms with van der Waals surface area (Å²) in [6.45, 7) is 22.1. The Morgan fingerprint density at radius 3 is 1.34 bits per heavy atom. The van der Waals surface area contributed by atoms with Crippen LogP contribution in [0.1, 0.15) is 106 Å². The topological polar surface area (TPSA) is 237 Å². The minimum Gasteiger partial charge on any atom is -0.870 e. The number of methoxy groups -OCH3 is 1. The summed E-state index contributed by atoms with van der Waals surface area (Å²) in [4.78, 5) is 83.9. The van der Waals surface area contributed by atoms with E-state index in [1.54, 1.807) is 79.9 Å². The summed E-state index contributed by atoms with van der Waals surface area (Å²) in [6.07, 6.45) is 3.11. The standard InChI is InChI=1S/C21H33N3O5.C20H31N3O5.Li.H2O/c1-14(2)18(19(26)28-7)23-17(25)9-8-12-24(20(27)29-21(4,5)6)16-13-15(3)10-11-22-16;1-13(2)17(18(25)26)22-16(24)8-7-11-23(19(27)28-20(4,5)6)15-12-14(3)9-10-21-15;;/h10-11,13-14,18H,8-9,12H2,1-7H3,(H,23,25);9-10,12-13,17H,7-8,11H2,1-6H3,(H,22,24)(H,25,26);;1H2/q;;+1;/p-1/t18-;17-;;/m11../s1. The van der Waals surface area contributed by atoms with Gasteiger partial charge in [0.2, 0.25) is 11.8 Å². The molecule has 0 spiro atoms. The molecule has 0 aliphatic rings. The molecule has 2 aromatic heterocycles. The van der Waals surface area contributed by atoms with Gasteiger partial charge >= 0.3 is 43.0 Å². The molecule has 17 nitrogen and oxygen atoms in total. The monoisotopic (exact) mass is 824 g/mol. The fourth-order valence-electron chi connectivity index (χ4n) is 4.99. The SMILES string of the molecule is COC(=O)[C@H](NC(=O)CCCN(C(=O)OC(C)(C)C)c1cc(C)ccn1)C(C)C.Cc1ccnc(N(CCCC(=O)N[C@@H](C(=O)O)C(C)C)C(=O)OC(C)(C)C)c1.[Li+].[OH-]. The smallest absolute Gasteiger partial charge is 0.870 e.